The first-order valence-electron chi connectivity index (χ1n) is 7.20. The van der Waals surface area contributed by atoms with E-state index in [0.29, 0.717) is 11.7 Å². The summed E-state index contributed by atoms with van der Waals surface area (Å²) in [4.78, 5) is 11.5. The van der Waals surface area contributed by atoms with Crippen LogP contribution in [0.15, 0.2) is 6.07 Å². The van der Waals surface area contributed by atoms with Gasteiger partial charge < -0.3 is 10.3 Å². The summed E-state index contributed by atoms with van der Waals surface area (Å²) < 4.78 is 0. The van der Waals surface area contributed by atoms with Crippen molar-refractivity contribution in [1.82, 2.24) is 9.97 Å². The highest BCUT2D eigenvalue weighted by Gasteiger charge is 2.17. The molecule has 1 saturated heterocycles. The standard InChI is InChI=1S/C14H25N5/c1-10(2)14-16-12(18-15)9-13(17-14)19-7-4-5-11(3)6-8-19/h9-11H,4-8,15H2,1-3H3,(H,16,17,18). The van der Waals surface area contributed by atoms with Gasteiger partial charge in [-0.2, -0.15) is 0 Å². The number of nitrogens with one attached hydrogen (secondary N) is 1. The lowest BCUT2D eigenvalue weighted by Crippen LogP contribution is -2.26. The van der Waals surface area contributed by atoms with Crippen molar-refractivity contribution in [1.29, 1.82) is 0 Å². The number of nitrogens with zero attached hydrogens (tertiary/aromatic N) is 3. The van der Waals surface area contributed by atoms with Crippen LogP contribution < -0.4 is 16.2 Å². The molecule has 106 valence electrons. The maximum Gasteiger partial charge on any atom is 0.145 e. The summed E-state index contributed by atoms with van der Waals surface area (Å²) in [5, 5.41) is 0. The Bertz CT molecular complexity index is 418. The van der Waals surface area contributed by atoms with Gasteiger partial charge in [-0.15, -0.1) is 0 Å². The lowest BCUT2D eigenvalue weighted by molar-refractivity contribution is 0.521. The average molecular weight is 263 g/mol. The predicted octanol–water partition coefficient (Wildman–Crippen LogP) is 2.51. The minimum Gasteiger partial charge on any atom is -0.356 e. The molecule has 1 unspecified atom stereocenters. The van der Waals surface area contributed by atoms with Crippen LogP contribution in [0.1, 0.15) is 51.8 Å². The number of aromatic nitrogens is 2. The fourth-order valence-electron chi connectivity index (χ4n) is 2.44. The van der Waals surface area contributed by atoms with Crippen molar-refractivity contribution in [3.8, 4) is 0 Å². The van der Waals surface area contributed by atoms with Crippen LogP contribution in [0.5, 0.6) is 0 Å². The van der Waals surface area contributed by atoms with Gasteiger partial charge in [-0.25, -0.2) is 15.8 Å². The molecule has 0 amide bonds. The van der Waals surface area contributed by atoms with E-state index in [-0.39, 0.29) is 0 Å². The van der Waals surface area contributed by atoms with Crippen molar-refractivity contribution in [3.05, 3.63) is 11.9 Å². The van der Waals surface area contributed by atoms with E-state index in [0.717, 1.165) is 30.6 Å². The van der Waals surface area contributed by atoms with E-state index in [1.807, 2.05) is 6.07 Å². The zero-order chi connectivity index (χ0) is 13.8. The molecule has 1 fully saturated rings. The van der Waals surface area contributed by atoms with Gasteiger partial charge in [-0.05, 0) is 25.2 Å². The topological polar surface area (TPSA) is 67.1 Å². The number of hydrazine groups is 1. The van der Waals surface area contributed by atoms with Crippen molar-refractivity contribution >= 4 is 11.6 Å². The molecular weight excluding hydrogens is 238 g/mol. The van der Waals surface area contributed by atoms with Gasteiger partial charge in [-0.3, -0.25) is 0 Å². The summed E-state index contributed by atoms with van der Waals surface area (Å²) in [6, 6.07) is 1.95. The first kappa shape index (κ1) is 14.1. The first-order chi connectivity index (χ1) is 9.10. The predicted molar refractivity (Wildman–Crippen MR) is 79.2 cm³/mol. The smallest absolute Gasteiger partial charge is 0.145 e. The molecule has 2 rings (SSSR count). The maximum absolute atomic E-state index is 5.51. The van der Waals surface area contributed by atoms with Crippen LogP contribution in [0.3, 0.4) is 0 Å². The third-order valence-electron chi connectivity index (χ3n) is 3.73. The summed E-state index contributed by atoms with van der Waals surface area (Å²) in [5.41, 5.74) is 2.65. The molecule has 0 aromatic carbocycles. The van der Waals surface area contributed by atoms with E-state index >= 15 is 0 Å². The number of hydrogen-bond donors (Lipinski definition) is 2. The molecular formula is C14H25N5. The van der Waals surface area contributed by atoms with Crippen molar-refractivity contribution in [2.45, 2.75) is 46.0 Å². The van der Waals surface area contributed by atoms with Gasteiger partial charge in [0, 0.05) is 25.1 Å². The molecule has 1 aliphatic heterocycles. The van der Waals surface area contributed by atoms with Crippen LogP contribution in [0.2, 0.25) is 0 Å². The van der Waals surface area contributed by atoms with Crippen molar-refractivity contribution in [3.63, 3.8) is 0 Å². The van der Waals surface area contributed by atoms with Gasteiger partial charge in [0.2, 0.25) is 0 Å². The number of nitrogen functional groups attached to an aromatic ring is 1. The molecule has 19 heavy (non-hydrogen) atoms. The van der Waals surface area contributed by atoms with E-state index < -0.39 is 0 Å². The van der Waals surface area contributed by atoms with Gasteiger partial charge >= 0.3 is 0 Å². The van der Waals surface area contributed by atoms with E-state index in [1.165, 1.54) is 19.3 Å². The van der Waals surface area contributed by atoms with Crippen LogP contribution in [-0.4, -0.2) is 23.1 Å². The fourth-order valence-corrected chi connectivity index (χ4v) is 2.44. The summed E-state index contributed by atoms with van der Waals surface area (Å²) >= 11 is 0. The van der Waals surface area contributed by atoms with Crippen LogP contribution in [-0.2, 0) is 0 Å². The minimum absolute atomic E-state index is 0.304. The summed E-state index contributed by atoms with van der Waals surface area (Å²) in [6.07, 6.45) is 3.76. The monoisotopic (exact) mass is 263 g/mol. The van der Waals surface area contributed by atoms with Crippen molar-refractivity contribution in [2.75, 3.05) is 23.4 Å². The van der Waals surface area contributed by atoms with E-state index in [4.69, 9.17) is 10.8 Å². The van der Waals surface area contributed by atoms with Gasteiger partial charge in [0.05, 0.1) is 0 Å². The Morgan fingerprint density at radius 3 is 2.79 bits per heavy atom. The fraction of sp³-hybridized carbons (Fsp3) is 0.714. The van der Waals surface area contributed by atoms with E-state index in [9.17, 15) is 0 Å². The van der Waals surface area contributed by atoms with Gasteiger partial charge in [0.25, 0.3) is 0 Å². The Balaban J connectivity index is 2.24. The molecule has 0 saturated carbocycles. The lowest BCUT2D eigenvalue weighted by Gasteiger charge is -2.23. The molecule has 2 heterocycles. The van der Waals surface area contributed by atoms with E-state index in [2.05, 4.69) is 36.1 Å². The SMILES string of the molecule is CC1CCCN(c2cc(NN)nc(C(C)C)n2)CC1. The van der Waals surface area contributed by atoms with Crippen molar-refractivity contribution in [2.24, 2.45) is 11.8 Å². The summed E-state index contributed by atoms with van der Waals surface area (Å²) in [5.74, 6) is 9.17. The highest BCUT2D eigenvalue weighted by Crippen LogP contribution is 2.24. The average Bonchev–Trinajstić information content (AvgIpc) is 2.63. The highest BCUT2D eigenvalue weighted by molar-refractivity contribution is 5.49. The highest BCUT2D eigenvalue weighted by atomic mass is 15.3. The molecule has 0 aliphatic carbocycles. The second-order valence-electron chi connectivity index (χ2n) is 5.79. The Morgan fingerprint density at radius 1 is 1.32 bits per heavy atom. The van der Waals surface area contributed by atoms with Crippen LogP contribution >= 0.6 is 0 Å². The molecule has 1 aromatic heterocycles. The lowest BCUT2D eigenvalue weighted by atomic mass is 10.0. The third kappa shape index (κ3) is 3.56. The van der Waals surface area contributed by atoms with E-state index in [1.54, 1.807) is 0 Å². The normalized spacial score (nSPS) is 20.5. The zero-order valence-corrected chi connectivity index (χ0v) is 12.2. The molecule has 5 nitrogen and oxygen atoms in total. The number of hydrogen-bond acceptors (Lipinski definition) is 5. The molecule has 0 radical (unpaired) electrons. The Kier molecular flexibility index (Phi) is 4.58. The molecule has 5 heteroatoms. The van der Waals surface area contributed by atoms with Gasteiger partial charge in [-0.1, -0.05) is 20.8 Å². The zero-order valence-electron chi connectivity index (χ0n) is 12.2. The quantitative estimate of drug-likeness (QED) is 0.648. The van der Waals surface area contributed by atoms with Gasteiger partial charge in [0.1, 0.15) is 17.5 Å². The number of nitrogens with two attached hydrogens (primary N) is 1. The van der Waals surface area contributed by atoms with Crippen LogP contribution in [0, 0.1) is 5.92 Å². The van der Waals surface area contributed by atoms with Crippen molar-refractivity contribution < 1.29 is 0 Å². The van der Waals surface area contributed by atoms with Crippen LogP contribution in [0.4, 0.5) is 11.6 Å². The van der Waals surface area contributed by atoms with Gasteiger partial charge in [0.15, 0.2) is 0 Å². The maximum atomic E-state index is 5.51. The second-order valence-corrected chi connectivity index (χ2v) is 5.79. The summed E-state index contributed by atoms with van der Waals surface area (Å²) in [6.45, 7) is 8.67. The Morgan fingerprint density at radius 2 is 2.11 bits per heavy atom. The number of rotatable bonds is 3. The molecule has 0 spiro atoms. The Labute approximate surface area is 115 Å². The number of anilines is 2. The molecule has 1 aliphatic rings. The molecule has 1 aromatic rings. The molecule has 0 bridgehead atoms. The Hall–Kier alpha value is -1.36. The second kappa shape index (κ2) is 6.19. The molecule has 1 atom stereocenters. The minimum atomic E-state index is 0.304. The largest absolute Gasteiger partial charge is 0.356 e. The molecule has 3 N–H and O–H groups in total. The van der Waals surface area contributed by atoms with Crippen LogP contribution in [0.25, 0.3) is 0 Å². The summed E-state index contributed by atoms with van der Waals surface area (Å²) in [7, 11) is 0. The first-order valence-corrected chi connectivity index (χ1v) is 7.20. The third-order valence-corrected chi connectivity index (χ3v) is 3.73.